The first kappa shape index (κ1) is 46.4. The average Bonchev–Trinajstić information content (AvgIpc) is 3.46. The largest absolute Gasteiger partial charge is 0.495 e. The van der Waals surface area contributed by atoms with E-state index in [1.54, 1.807) is 30.3 Å². The van der Waals surface area contributed by atoms with Crippen molar-refractivity contribution in [2.24, 2.45) is 0 Å². The number of nitrogens with zero attached hydrogens (tertiary/aromatic N) is 5. The minimum absolute atomic E-state index is 0.0322. The molecule has 2 unspecified atom stereocenters. The summed E-state index contributed by atoms with van der Waals surface area (Å²) in [6, 6.07) is 12.0. The van der Waals surface area contributed by atoms with Gasteiger partial charge in [0.25, 0.3) is 0 Å². The summed E-state index contributed by atoms with van der Waals surface area (Å²) in [5.41, 5.74) is 3.11. The lowest BCUT2D eigenvalue weighted by Gasteiger charge is -2.24. The molecule has 59 heavy (non-hydrogen) atoms. The van der Waals surface area contributed by atoms with Crippen molar-refractivity contribution in [3.8, 4) is 17.9 Å². The molecule has 1 saturated carbocycles. The highest BCUT2D eigenvalue weighted by Crippen LogP contribution is 2.68. The van der Waals surface area contributed by atoms with Crippen molar-refractivity contribution in [1.29, 1.82) is 10.5 Å². The van der Waals surface area contributed by atoms with E-state index in [-0.39, 0.29) is 24.7 Å². The maximum Gasteiger partial charge on any atom is 0.472 e. The Labute approximate surface area is 347 Å². The highest BCUT2D eigenvalue weighted by atomic mass is 31.2. The lowest BCUT2D eigenvalue weighted by atomic mass is 10.0. The Morgan fingerprint density at radius 3 is 2.20 bits per heavy atom. The minimum atomic E-state index is -4.98. The van der Waals surface area contributed by atoms with Gasteiger partial charge in [0.15, 0.2) is 17.5 Å². The number of aromatic nitrogens is 3. The number of anilines is 1. The summed E-state index contributed by atoms with van der Waals surface area (Å²) in [7, 11) is -3.52. The molecule has 2 fully saturated rings. The summed E-state index contributed by atoms with van der Waals surface area (Å²) in [6.07, 6.45) is 15.9. The Morgan fingerprint density at radius 1 is 0.966 bits per heavy atom. The van der Waals surface area contributed by atoms with Gasteiger partial charge in [0.2, 0.25) is 5.60 Å². The van der Waals surface area contributed by atoms with Crippen LogP contribution in [0.3, 0.4) is 0 Å². The fourth-order valence-electron chi connectivity index (χ4n) is 7.77. The smallest absolute Gasteiger partial charge is 0.472 e. The summed E-state index contributed by atoms with van der Waals surface area (Å²) < 4.78 is 48.4. The van der Waals surface area contributed by atoms with Crippen LogP contribution >= 0.6 is 7.82 Å². The first-order valence-corrected chi connectivity index (χ1v) is 22.5. The van der Waals surface area contributed by atoms with Crippen molar-refractivity contribution >= 4 is 19.2 Å². The van der Waals surface area contributed by atoms with E-state index < -0.39 is 50.0 Å². The van der Waals surface area contributed by atoms with Crippen LogP contribution in [0.5, 0.6) is 5.75 Å². The SMILES string of the molecule is CCCCCCCCCCCCCCCCCCOC[C@H](COP(=O)(O)OC1[C@@]2(C#N)O[C@@H](c3ccc4c(N)ncnn34)[C@H](O)[C@@]12O)OCc1ccc(C#N)c(OC)c1. The molecule has 3 heterocycles. The zero-order chi connectivity index (χ0) is 42.3. The number of hydrogen-bond donors (Lipinski definition) is 4. The van der Waals surface area contributed by atoms with Crippen molar-refractivity contribution in [2.45, 2.75) is 152 Å². The predicted octanol–water partition coefficient (Wildman–Crippen LogP) is 7.00. The lowest BCUT2D eigenvalue weighted by Crippen LogP contribution is -2.35. The zero-order valence-electron chi connectivity index (χ0n) is 34.4. The monoisotopic (exact) mass is 840 g/mol. The van der Waals surface area contributed by atoms with E-state index in [1.165, 1.54) is 101 Å². The molecule has 2 aliphatic rings. The Kier molecular flexibility index (Phi) is 17.5. The molecule has 1 aliphatic heterocycles. The summed E-state index contributed by atoms with van der Waals surface area (Å²) in [5, 5.41) is 46.2. The van der Waals surface area contributed by atoms with Crippen LogP contribution in [0.25, 0.3) is 5.52 Å². The highest BCUT2D eigenvalue weighted by molar-refractivity contribution is 7.47. The highest BCUT2D eigenvalue weighted by Gasteiger charge is 2.90. The van der Waals surface area contributed by atoms with Gasteiger partial charge in [-0.3, -0.25) is 9.05 Å². The Bertz CT molecular complexity index is 1920. The van der Waals surface area contributed by atoms with E-state index in [9.17, 15) is 30.2 Å². The number of fused-ring (bicyclic) bond motifs is 2. The maximum absolute atomic E-state index is 13.3. The van der Waals surface area contributed by atoms with Crippen molar-refractivity contribution in [3.05, 3.63) is 53.5 Å². The van der Waals surface area contributed by atoms with Crippen LogP contribution in [0.4, 0.5) is 5.82 Å². The number of nitrogen functional groups attached to an aromatic ring is 1. The quantitative estimate of drug-likeness (QED) is 0.0407. The number of nitriles is 2. The fraction of sp³-hybridized carbons (Fsp3) is 0.667. The molecule has 1 aliphatic carbocycles. The molecule has 324 valence electrons. The van der Waals surface area contributed by atoms with Crippen molar-refractivity contribution in [3.63, 3.8) is 0 Å². The molecule has 0 amide bonds. The maximum atomic E-state index is 13.3. The number of rotatable bonds is 29. The summed E-state index contributed by atoms with van der Waals surface area (Å²) in [6.45, 7) is 2.34. The van der Waals surface area contributed by atoms with E-state index >= 15 is 0 Å². The van der Waals surface area contributed by atoms with Crippen molar-refractivity contribution in [2.75, 3.05) is 32.7 Å². The van der Waals surface area contributed by atoms with Crippen LogP contribution in [0.1, 0.15) is 133 Å². The summed E-state index contributed by atoms with van der Waals surface area (Å²) in [5.74, 6) is 0.546. The number of aliphatic hydroxyl groups excluding tert-OH is 1. The second-order valence-corrected chi connectivity index (χ2v) is 17.0. The first-order valence-electron chi connectivity index (χ1n) is 21.0. The van der Waals surface area contributed by atoms with E-state index in [1.807, 2.05) is 6.07 Å². The van der Waals surface area contributed by atoms with Crippen LogP contribution in [0, 0.1) is 22.7 Å². The molecular formula is C42H61N6O10P. The minimum Gasteiger partial charge on any atom is -0.495 e. The van der Waals surface area contributed by atoms with Crippen LogP contribution in [0.15, 0.2) is 36.7 Å². The van der Waals surface area contributed by atoms with Gasteiger partial charge in [0.1, 0.15) is 48.0 Å². The van der Waals surface area contributed by atoms with Crippen molar-refractivity contribution < 1.29 is 47.7 Å². The summed E-state index contributed by atoms with van der Waals surface area (Å²) >= 11 is 0. The third-order valence-electron chi connectivity index (χ3n) is 11.3. The molecule has 1 saturated heterocycles. The van der Waals surface area contributed by atoms with Crippen LogP contribution in [-0.4, -0.2) is 86.1 Å². The molecule has 5 N–H and O–H groups in total. The van der Waals surface area contributed by atoms with E-state index in [2.05, 4.69) is 23.1 Å². The number of nitrogens with two attached hydrogens (primary N) is 1. The zero-order valence-corrected chi connectivity index (χ0v) is 35.3. The Hall–Kier alpha value is -3.67. The van der Waals surface area contributed by atoms with Crippen molar-refractivity contribution in [1.82, 2.24) is 14.6 Å². The van der Waals surface area contributed by atoms with Gasteiger partial charge in [-0.1, -0.05) is 109 Å². The van der Waals surface area contributed by atoms with Gasteiger partial charge in [-0.05, 0) is 36.2 Å². The molecule has 3 aromatic rings. The van der Waals surface area contributed by atoms with Gasteiger partial charge in [0.05, 0.1) is 38.2 Å². The second-order valence-electron chi connectivity index (χ2n) is 15.6. The van der Waals surface area contributed by atoms with Crippen LogP contribution < -0.4 is 10.5 Å². The molecular weight excluding hydrogens is 779 g/mol. The van der Waals surface area contributed by atoms with Gasteiger partial charge in [-0.2, -0.15) is 15.6 Å². The molecule has 0 spiro atoms. The number of phosphoric ester groups is 1. The molecule has 1 aromatic carbocycles. The number of unbranched alkanes of at least 4 members (excludes halogenated alkanes) is 15. The topological polar surface area (TPSA) is 237 Å². The number of benzene rings is 1. The summed E-state index contributed by atoms with van der Waals surface area (Å²) in [4.78, 5) is 14.7. The van der Waals surface area contributed by atoms with E-state index in [0.717, 1.165) is 19.3 Å². The number of ether oxygens (including phenoxy) is 4. The van der Waals surface area contributed by atoms with E-state index in [4.69, 9.17) is 33.7 Å². The lowest BCUT2D eigenvalue weighted by molar-refractivity contribution is -0.0795. The number of aliphatic hydroxyl groups is 2. The molecule has 5 rings (SSSR count). The molecule has 17 heteroatoms. The standard InChI is InChI=1S/C42H61N6O10P/c1-3-4-5-6-7-8-9-10-11-12-13-14-15-16-17-18-23-54-27-33(55-26-31-19-20-32(25-43)36(24-31)53-2)28-56-59(51,52)58-40-41(29-44)42(40,50)38(49)37(57-41)34-21-22-35-39(45)46-30-47-48(34)35/h19-22,24,30,33,37-38,40,49-50H,3-18,23,26-28H2,1-2H3,(H,51,52)(H2,45,46,47)/t33-,37+,38+,40?,41-,42-/m1/s1. The van der Waals surface area contributed by atoms with Gasteiger partial charge < -0.3 is 39.8 Å². The molecule has 0 bridgehead atoms. The fourth-order valence-corrected chi connectivity index (χ4v) is 8.76. The molecule has 7 atom stereocenters. The third kappa shape index (κ3) is 11.6. The van der Waals surface area contributed by atoms with Gasteiger partial charge in [-0.15, -0.1) is 0 Å². The number of methoxy groups -OCH3 is 1. The van der Waals surface area contributed by atoms with Gasteiger partial charge in [0, 0.05) is 6.61 Å². The molecule has 2 aromatic heterocycles. The Balaban J connectivity index is 1.06. The number of phosphoric acid groups is 1. The van der Waals surface area contributed by atoms with Gasteiger partial charge >= 0.3 is 7.82 Å². The normalized spacial score (nSPS) is 23.7. The predicted molar refractivity (Wildman–Crippen MR) is 218 cm³/mol. The van der Waals surface area contributed by atoms with E-state index in [0.29, 0.717) is 29.0 Å². The Morgan fingerprint density at radius 2 is 1.61 bits per heavy atom. The third-order valence-corrected chi connectivity index (χ3v) is 12.2. The molecule has 0 radical (unpaired) electrons. The van der Waals surface area contributed by atoms with Crippen LogP contribution in [-0.2, 0) is 34.4 Å². The number of hydrogen-bond acceptors (Lipinski definition) is 14. The van der Waals surface area contributed by atoms with Gasteiger partial charge in [-0.25, -0.2) is 14.1 Å². The van der Waals surface area contributed by atoms with Crippen LogP contribution in [0.2, 0.25) is 0 Å². The average molecular weight is 841 g/mol. The first-order chi connectivity index (χ1) is 28.5. The second kappa shape index (κ2) is 22.3. The molecule has 16 nitrogen and oxygen atoms in total.